The molecule has 1 saturated heterocycles. The van der Waals surface area contributed by atoms with Gasteiger partial charge < -0.3 is 15.5 Å². The Hall–Kier alpha value is -1.59. The lowest BCUT2D eigenvalue weighted by Crippen LogP contribution is -2.49. The predicted octanol–water partition coefficient (Wildman–Crippen LogP) is 2.00. The zero-order valence-electron chi connectivity index (χ0n) is 13.7. The second kappa shape index (κ2) is 7.79. The molecule has 2 rings (SSSR count). The Bertz CT molecular complexity index is 561. The van der Waals surface area contributed by atoms with Crippen molar-refractivity contribution in [1.29, 1.82) is 0 Å². The van der Waals surface area contributed by atoms with Crippen molar-refractivity contribution in [2.24, 2.45) is 11.7 Å². The van der Waals surface area contributed by atoms with Gasteiger partial charge >= 0.3 is 0 Å². The second-order valence-electron chi connectivity index (χ2n) is 6.13. The van der Waals surface area contributed by atoms with Crippen molar-refractivity contribution < 1.29 is 9.59 Å². The molecule has 0 aliphatic carbocycles. The van der Waals surface area contributed by atoms with Gasteiger partial charge in [0, 0.05) is 43.3 Å². The van der Waals surface area contributed by atoms with Gasteiger partial charge in [0.1, 0.15) is 0 Å². The molecule has 2 N–H and O–H groups in total. The molecule has 2 unspecified atom stereocenters. The Labute approximate surface area is 142 Å². The van der Waals surface area contributed by atoms with Gasteiger partial charge in [0.2, 0.25) is 5.91 Å². The quantitative estimate of drug-likeness (QED) is 0.913. The molecule has 1 heterocycles. The number of likely N-dealkylation sites (tertiary alicyclic amines) is 1. The SMILES string of the molecule is CC(CN)N(C)C(=O)C1CCCN(C(=O)c2ccc(Cl)cc2)C1. The van der Waals surface area contributed by atoms with Crippen LogP contribution in [0.15, 0.2) is 24.3 Å². The van der Waals surface area contributed by atoms with E-state index in [2.05, 4.69) is 0 Å². The molecule has 126 valence electrons. The minimum Gasteiger partial charge on any atom is -0.341 e. The molecule has 1 aromatic carbocycles. The summed E-state index contributed by atoms with van der Waals surface area (Å²) in [6.45, 7) is 3.50. The average Bonchev–Trinajstić information content (AvgIpc) is 2.59. The topological polar surface area (TPSA) is 66.6 Å². The minimum atomic E-state index is -0.154. The van der Waals surface area contributed by atoms with Crippen LogP contribution in [-0.2, 0) is 4.79 Å². The van der Waals surface area contributed by atoms with E-state index < -0.39 is 0 Å². The zero-order valence-corrected chi connectivity index (χ0v) is 14.4. The van der Waals surface area contributed by atoms with E-state index in [1.807, 2.05) is 6.92 Å². The van der Waals surface area contributed by atoms with Gasteiger partial charge in [-0.3, -0.25) is 9.59 Å². The Morgan fingerprint density at radius 1 is 1.39 bits per heavy atom. The summed E-state index contributed by atoms with van der Waals surface area (Å²) in [7, 11) is 1.78. The molecular formula is C17H24ClN3O2. The van der Waals surface area contributed by atoms with Crippen LogP contribution in [0.4, 0.5) is 0 Å². The average molecular weight is 338 g/mol. The maximum absolute atomic E-state index is 12.6. The molecule has 1 aliphatic heterocycles. The van der Waals surface area contributed by atoms with E-state index in [9.17, 15) is 9.59 Å². The summed E-state index contributed by atoms with van der Waals surface area (Å²) < 4.78 is 0. The molecule has 5 nitrogen and oxygen atoms in total. The first kappa shape index (κ1) is 17.8. The van der Waals surface area contributed by atoms with Crippen molar-refractivity contribution in [3.8, 4) is 0 Å². The lowest BCUT2D eigenvalue weighted by molar-refractivity contribution is -0.137. The number of piperidine rings is 1. The van der Waals surface area contributed by atoms with Crippen LogP contribution in [0.1, 0.15) is 30.1 Å². The Morgan fingerprint density at radius 3 is 2.65 bits per heavy atom. The van der Waals surface area contributed by atoms with Crippen LogP contribution >= 0.6 is 11.6 Å². The Balaban J connectivity index is 2.04. The summed E-state index contributed by atoms with van der Waals surface area (Å²) in [5.74, 6) is -0.135. The number of rotatable bonds is 4. The van der Waals surface area contributed by atoms with E-state index >= 15 is 0 Å². The first-order chi connectivity index (χ1) is 10.9. The maximum Gasteiger partial charge on any atom is 0.253 e. The highest BCUT2D eigenvalue weighted by molar-refractivity contribution is 6.30. The van der Waals surface area contributed by atoms with Gasteiger partial charge in [0.05, 0.1) is 5.92 Å². The van der Waals surface area contributed by atoms with Crippen LogP contribution in [0.5, 0.6) is 0 Å². The number of nitrogens with two attached hydrogens (primary N) is 1. The first-order valence-electron chi connectivity index (χ1n) is 7.95. The van der Waals surface area contributed by atoms with Gasteiger partial charge in [-0.2, -0.15) is 0 Å². The molecule has 0 bridgehead atoms. The molecule has 23 heavy (non-hydrogen) atoms. The molecule has 2 amide bonds. The van der Waals surface area contributed by atoms with Crippen molar-refractivity contribution in [2.45, 2.75) is 25.8 Å². The molecule has 0 aromatic heterocycles. The lowest BCUT2D eigenvalue weighted by Gasteiger charge is -2.35. The van der Waals surface area contributed by atoms with Gasteiger partial charge in [-0.15, -0.1) is 0 Å². The summed E-state index contributed by atoms with van der Waals surface area (Å²) in [6.07, 6.45) is 1.64. The fourth-order valence-electron chi connectivity index (χ4n) is 2.80. The fourth-order valence-corrected chi connectivity index (χ4v) is 2.93. The summed E-state index contributed by atoms with van der Waals surface area (Å²) in [5, 5.41) is 0.602. The number of carbonyl (C=O) groups is 2. The standard InChI is InChI=1S/C17H24ClN3O2/c1-12(10-19)20(2)16(22)14-4-3-9-21(11-14)17(23)13-5-7-15(18)8-6-13/h5-8,12,14H,3-4,9-11,19H2,1-2H3. The van der Waals surface area contributed by atoms with E-state index in [1.165, 1.54) is 0 Å². The molecule has 1 aliphatic rings. The van der Waals surface area contributed by atoms with E-state index in [1.54, 1.807) is 41.1 Å². The van der Waals surface area contributed by atoms with Crippen molar-refractivity contribution in [3.05, 3.63) is 34.9 Å². The van der Waals surface area contributed by atoms with Crippen LogP contribution < -0.4 is 5.73 Å². The summed E-state index contributed by atoms with van der Waals surface area (Å²) in [4.78, 5) is 28.6. The summed E-state index contributed by atoms with van der Waals surface area (Å²) in [5.41, 5.74) is 6.24. The van der Waals surface area contributed by atoms with E-state index in [0.29, 0.717) is 30.2 Å². The molecule has 1 fully saturated rings. The van der Waals surface area contributed by atoms with Crippen molar-refractivity contribution >= 4 is 23.4 Å². The third kappa shape index (κ3) is 4.24. The van der Waals surface area contributed by atoms with Gasteiger partial charge in [0.15, 0.2) is 0 Å². The largest absolute Gasteiger partial charge is 0.341 e. The van der Waals surface area contributed by atoms with Gasteiger partial charge in [-0.05, 0) is 44.0 Å². The number of benzene rings is 1. The van der Waals surface area contributed by atoms with Crippen LogP contribution in [0, 0.1) is 5.92 Å². The zero-order chi connectivity index (χ0) is 17.0. The Kier molecular flexibility index (Phi) is 6.02. The van der Waals surface area contributed by atoms with E-state index in [4.69, 9.17) is 17.3 Å². The monoisotopic (exact) mass is 337 g/mol. The highest BCUT2D eigenvalue weighted by Crippen LogP contribution is 2.21. The van der Waals surface area contributed by atoms with Crippen LogP contribution in [-0.4, -0.2) is 54.3 Å². The van der Waals surface area contributed by atoms with Gasteiger partial charge in [-0.1, -0.05) is 11.6 Å². The maximum atomic E-state index is 12.6. The third-order valence-corrected chi connectivity index (χ3v) is 4.75. The fraction of sp³-hybridized carbons (Fsp3) is 0.529. The van der Waals surface area contributed by atoms with Crippen LogP contribution in [0.2, 0.25) is 5.02 Å². The molecule has 6 heteroatoms. The number of halogens is 1. The highest BCUT2D eigenvalue weighted by atomic mass is 35.5. The summed E-state index contributed by atoms with van der Waals surface area (Å²) >= 11 is 5.86. The summed E-state index contributed by atoms with van der Waals surface area (Å²) in [6, 6.07) is 6.86. The number of amides is 2. The number of nitrogens with zero attached hydrogens (tertiary/aromatic N) is 2. The molecule has 0 spiro atoms. The van der Waals surface area contributed by atoms with Gasteiger partial charge in [-0.25, -0.2) is 0 Å². The predicted molar refractivity (Wildman–Crippen MR) is 91.4 cm³/mol. The third-order valence-electron chi connectivity index (χ3n) is 4.50. The first-order valence-corrected chi connectivity index (χ1v) is 8.33. The smallest absolute Gasteiger partial charge is 0.253 e. The number of hydrogen-bond acceptors (Lipinski definition) is 3. The van der Waals surface area contributed by atoms with Crippen LogP contribution in [0.3, 0.4) is 0 Å². The van der Waals surface area contributed by atoms with Gasteiger partial charge in [0.25, 0.3) is 5.91 Å². The second-order valence-corrected chi connectivity index (χ2v) is 6.57. The van der Waals surface area contributed by atoms with Crippen LogP contribution in [0.25, 0.3) is 0 Å². The number of hydrogen-bond donors (Lipinski definition) is 1. The number of likely N-dealkylation sites (N-methyl/N-ethyl adjacent to an activating group) is 1. The molecule has 0 saturated carbocycles. The molecule has 1 aromatic rings. The van der Waals surface area contributed by atoms with E-state index in [-0.39, 0.29) is 23.8 Å². The lowest BCUT2D eigenvalue weighted by atomic mass is 9.95. The van der Waals surface area contributed by atoms with Crippen molar-refractivity contribution in [3.63, 3.8) is 0 Å². The highest BCUT2D eigenvalue weighted by Gasteiger charge is 2.31. The number of carbonyl (C=O) groups excluding carboxylic acids is 2. The molecule has 2 atom stereocenters. The van der Waals surface area contributed by atoms with Crippen molar-refractivity contribution in [2.75, 3.05) is 26.7 Å². The normalized spacial score (nSPS) is 19.3. The molecule has 0 radical (unpaired) electrons. The van der Waals surface area contributed by atoms with Crippen molar-refractivity contribution in [1.82, 2.24) is 9.80 Å². The Morgan fingerprint density at radius 2 is 2.04 bits per heavy atom. The molecular weight excluding hydrogens is 314 g/mol. The minimum absolute atomic E-state index is 0.00448. The van der Waals surface area contributed by atoms with E-state index in [0.717, 1.165) is 12.8 Å².